The van der Waals surface area contributed by atoms with E-state index in [1.807, 2.05) is 24.3 Å². The molecule has 17 heavy (non-hydrogen) atoms. The Kier molecular flexibility index (Phi) is 2.91. The average Bonchev–Trinajstić information content (AvgIpc) is 2.70. The molecular weight excluding hydrogens is 222 g/mol. The van der Waals surface area contributed by atoms with Gasteiger partial charge in [-0.15, -0.1) is 0 Å². The summed E-state index contributed by atoms with van der Waals surface area (Å²) in [4.78, 5) is 15.4. The number of rotatable bonds is 3. The van der Waals surface area contributed by atoms with Gasteiger partial charge in [0.15, 0.2) is 0 Å². The SMILES string of the molecule is NC(=NCC(=O)O)Nn1ncc2ccccc21. The predicted octanol–water partition coefficient (Wildman–Crippen LogP) is -0.0209. The number of para-hydroxylation sites is 1. The maximum atomic E-state index is 10.3. The van der Waals surface area contributed by atoms with Crippen molar-refractivity contribution >= 4 is 22.8 Å². The lowest BCUT2D eigenvalue weighted by molar-refractivity contribution is -0.135. The first-order valence-electron chi connectivity index (χ1n) is 4.88. The number of nitrogens with zero attached hydrogens (tertiary/aromatic N) is 3. The number of carboxylic acids is 1. The van der Waals surface area contributed by atoms with E-state index in [0.29, 0.717) is 0 Å². The van der Waals surface area contributed by atoms with Crippen molar-refractivity contribution in [3.63, 3.8) is 0 Å². The number of guanidine groups is 1. The fraction of sp³-hybridized carbons (Fsp3) is 0.100. The lowest BCUT2D eigenvalue weighted by atomic mass is 10.3. The second-order valence-corrected chi connectivity index (χ2v) is 3.32. The van der Waals surface area contributed by atoms with Crippen LogP contribution in [-0.4, -0.2) is 33.5 Å². The van der Waals surface area contributed by atoms with Crippen LogP contribution in [-0.2, 0) is 4.79 Å². The van der Waals surface area contributed by atoms with Crippen molar-refractivity contribution in [2.45, 2.75) is 0 Å². The molecule has 0 radical (unpaired) electrons. The van der Waals surface area contributed by atoms with Crippen LogP contribution in [0.15, 0.2) is 35.5 Å². The molecule has 0 saturated carbocycles. The summed E-state index contributed by atoms with van der Waals surface area (Å²) in [7, 11) is 0. The van der Waals surface area contributed by atoms with E-state index in [1.165, 1.54) is 4.79 Å². The number of hydrogen-bond donors (Lipinski definition) is 3. The summed E-state index contributed by atoms with van der Waals surface area (Å²) in [6.45, 7) is -0.377. The van der Waals surface area contributed by atoms with Crippen molar-refractivity contribution in [3.8, 4) is 0 Å². The first kappa shape index (κ1) is 10.9. The molecule has 7 heteroatoms. The van der Waals surface area contributed by atoms with Crippen LogP contribution in [0.1, 0.15) is 0 Å². The van der Waals surface area contributed by atoms with E-state index < -0.39 is 5.97 Å². The van der Waals surface area contributed by atoms with E-state index in [-0.39, 0.29) is 12.5 Å². The Balaban J connectivity index is 2.18. The van der Waals surface area contributed by atoms with Crippen LogP contribution in [0.2, 0.25) is 0 Å². The molecule has 1 aromatic heterocycles. The van der Waals surface area contributed by atoms with Gasteiger partial charge in [0, 0.05) is 5.39 Å². The van der Waals surface area contributed by atoms with E-state index >= 15 is 0 Å². The quantitative estimate of drug-likeness (QED) is 0.510. The van der Waals surface area contributed by atoms with Gasteiger partial charge in [-0.25, -0.2) is 10.4 Å². The first-order chi connectivity index (χ1) is 8.16. The summed E-state index contributed by atoms with van der Waals surface area (Å²) in [5, 5.41) is 13.5. The molecule has 0 saturated heterocycles. The van der Waals surface area contributed by atoms with Crippen LogP contribution in [0, 0.1) is 0 Å². The molecule has 0 bridgehead atoms. The summed E-state index contributed by atoms with van der Waals surface area (Å²) >= 11 is 0. The molecule has 0 aliphatic rings. The lowest BCUT2D eigenvalue weighted by Gasteiger charge is -2.05. The van der Waals surface area contributed by atoms with Gasteiger partial charge in [0.1, 0.15) is 6.54 Å². The molecule has 0 atom stereocenters. The summed E-state index contributed by atoms with van der Waals surface area (Å²) in [5.41, 5.74) is 9.04. The van der Waals surface area contributed by atoms with Gasteiger partial charge in [-0.05, 0) is 6.07 Å². The number of fused-ring (bicyclic) bond motifs is 1. The average molecular weight is 233 g/mol. The van der Waals surface area contributed by atoms with Crippen LogP contribution in [0.25, 0.3) is 10.9 Å². The monoisotopic (exact) mass is 233 g/mol. The highest BCUT2D eigenvalue weighted by Gasteiger charge is 2.02. The highest BCUT2D eigenvalue weighted by atomic mass is 16.4. The van der Waals surface area contributed by atoms with Crippen molar-refractivity contribution in [1.29, 1.82) is 0 Å². The Hall–Kier alpha value is -2.57. The third kappa shape index (κ3) is 2.51. The molecule has 0 fully saturated rings. The van der Waals surface area contributed by atoms with Gasteiger partial charge in [0.05, 0.1) is 11.7 Å². The van der Waals surface area contributed by atoms with E-state index in [9.17, 15) is 4.79 Å². The van der Waals surface area contributed by atoms with Gasteiger partial charge in [-0.1, -0.05) is 18.2 Å². The Morgan fingerprint density at radius 3 is 3.06 bits per heavy atom. The van der Waals surface area contributed by atoms with Crippen molar-refractivity contribution < 1.29 is 9.90 Å². The Bertz CT molecular complexity index is 575. The molecule has 2 aromatic rings. The molecule has 7 nitrogen and oxygen atoms in total. The first-order valence-corrected chi connectivity index (χ1v) is 4.88. The fourth-order valence-corrected chi connectivity index (χ4v) is 1.36. The Morgan fingerprint density at radius 2 is 2.29 bits per heavy atom. The van der Waals surface area contributed by atoms with Gasteiger partial charge in [-0.2, -0.15) is 9.89 Å². The molecule has 4 N–H and O–H groups in total. The van der Waals surface area contributed by atoms with Crippen LogP contribution in [0.4, 0.5) is 0 Å². The predicted molar refractivity (Wildman–Crippen MR) is 63.2 cm³/mol. The zero-order chi connectivity index (χ0) is 12.3. The minimum absolute atomic E-state index is 0.00116. The van der Waals surface area contributed by atoms with Gasteiger partial charge in [0.2, 0.25) is 5.96 Å². The minimum atomic E-state index is -1.04. The van der Waals surface area contributed by atoms with Crippen molar-refractivity contribution in [3.05, 3.63) is 30.5 Å². The number of nitrogens with one attached hydrogen (secondary N) is 1. The summed E-state index contributed by atoms with van der Waals surface area (Å²) in [6.07, 6.45) is 1.67. The van der Waals surface area contributed by atoms with E-state index in [2.05, 4.69) is 15.5 Å². The summed E-state index contributed by atoms with van der Waals surface area (Å²) in [5.74, 6) is -1.04. The molecule has 0 amide bonds. The van der Waals surface area contributed by atoms with E-state index in [1.54, 1.807) is 6.20 Å². The van der Waals surface area contributed by atoms with Gasteiger partial charge in [0.25, 0.3) is 0 Å². The zero-order valence-corrected chi connectivity index (χ0v) is 8.87. The molecule has 1 heterocycles. The van der Waals surface area contributed by atoms with Crippen molar-refractivity contribution in [2.24, 2.45) is 10.7 Å². The summed E-state index contributed by atoms with van der Waals surface area (Å²) < 4.78 is 0. The maximum absolute atomic E-state index is 10.3. The topological polar surface area (TPSA) is 106 Å². The molecule has 0 unspecified atom stereocenters. The number of nitrogens with two attached hydrogens (primary N) is 1. The van der Waals surface area contributed by atoms with E-state index in [4.69, 9.17) is 10.8 Å². The van der Waals surface area contributed by atoms with Crippen LogP contribution in [0.5, 0.6) is 0 Å². The van der Waals surface area contributed by atoms with Gasteiger partial charge in [-0.3, -0.25) is 4.79 Å². The Labute approximate surface area is 96.5 Å². The number of carbonyl (C=O) groups is 1. The normalized spacial score (nSPS) is 11.6. The molecule has 88 valence electrons. The third-order valence-corrected chi connectivity index (χ3v) is 2.08. The van der Waals surface area contributed by atoms with Crippen LogP contribution in [0.3, 0.4) is 0 Å². The molecular formula is C10H11N5O2. The number of aromatic nitrogens is 2. The van der Waals surface area contributed by atoms with Gasteiger partial charge >= 0.3 is 5.97 Å². The second kappa shape index (κ2) is 4.52. The van der Waals surface area contributed by atoms with Gasteiger partial charge < -0.3 is 10.8 Å². The highest BCUT2D eigenvalue weighted by molar-refractivity contribution is 5.89. The van der Waals surface area contributed by atoms with Crippen LogP contribution >= 0.6 is 0 Å². The lowest BCUT2D eigenvalue weighted by Crippen LogP contribution is -2.31. The molecule has 0 aliphatic heterocycles. The van der Waals surface area contributed by atoms with Crippen LogP contribution < -0.4 is 11.2 Å². The highest BCUT2D eigenvalue weighted by Crippen LogP contribution is 2.10. The fourth-order valence-electron chi connectivity index (χ4n) is 1.36. The number of aliphatic carboxylic acids is 1. The third-order valence-electron chi connectivity index (χ3n) is 2.08. The molecule has 0 aliphatic carbocycles. The van der Waals surface area contributed by atoms with Crippen molar-refractivity contribution in [1.82, 2.24) is 9.89 Å². The molecule has 1 aromatic carbocycles. The minimum Gasteiger partial charge on any atom is -0.480 e. The standard InChI is InChI=1S/C10H11N5O2/c11-10(12-6-9(16)17)14-15-8-4-2-1-3-7(8)5-13-15/h1-5H,6H2,(H,16,17)(H3,11,12,14). The molecule has 2 rings (SSSR count). The van der Waals surface area contributed by atoms with Crippen molar-refractivity contribution in [2.75, 3.05) is 12.0 Å². The number of benzene rings is 1. The smallest absolute Gasteiger partial charge is 0.325 e. The molecule has 0 spiro atoms. The zero-order valence-electron chi connectivity index (χ0n) is 8.87. The number of carboxylic acid groups (broad SMARTS) is 1. The number of hydrogen-bond acceptors (Lipinski definition) is 3. The second-order valence-electron chi connectivity index (χ2n) is 3.32. The van der Waals surface area contributed by atoms with E-state index in [0.717, 1.165) is 10.9 Å². The largest absolute Gasteiger partial charge is 0.480 e. The number of aliphatic imine (C=N–C) groups is 1. The summed E-state index contributed by atoms with van der Waals surface area (Å²) in [6, 6.07) is 7.54. The Morgan fingerprint density at radius 1 is 1.53 bits per heavy atom. The maximum Gasteiger partial charge on any atom is 0.325 e.